The second kappa shape index (κ2) is 7.70. The van der Waals surface area contributed by atoms with Crippen LogP contribution in [0.2, 0.25) is 0 Å². The van der Waals surface area contributed by atoms with E-state index in [1.54, 1.807) is 36.4 Å². The Morgan fingerprint density at radius 1 is 1.00 bits per heavy atom. The van der Waals surface area contributed by atoms with Gasteiger partial charge in [0.15, 0.2) is 0 Å². The molecule has 2 rings (SSSR count). The number of halogens is 2. The van der Waals surface area contributed by atoms with Crippen molar-refractivity contribution in [1.29, 1.82) is 0 Å². The van der Waals surface area contributed by atoms with E-state index < -0.39 is 11.8 Å². The normalized spacial score (nSPS) is 10.1. The van der Waals surface area contributed by atoms with Crippen molar-refractivity contribution in [2.45, 2.75) is 13.0 Å². The van der Waals surface area contributed by atoms with Gasteiger partial charge in [-0.05, 0) is 34.1 Å². The van der Waals surface area contributed by atoms with Crippen LogP contribution < -0.4 is 10.6 Å². The van der Waals surface area contributed by atoms with Gasteiger partial charge in [-0.3, -0.25) is 9.59 Å². The molecule has 0 spiro atoms. The van der Waals surface area contributed by atoms with Gasteiger partial charge in [-0.1, -0.05) is 30.3 Å². The van der Waals surface area contributed by atoms with Gasteiger partial charge >= 0.3 is 0 Å². The van der Waals surface area contributed by atoms with Gasteiger partial charge in [0.25, 0.3) is 0 Å². The molecular weight excluding hydrogens is 351 g/mol. The minimum absolute atomic E-state index is 0.0494. The summed E-state index contributed by atoms with van der Waals surface area (Å²) in [6.07, 6.45) is -0.324. The minimum atomic E-state index is -0.465. The maximum absolute atomic E-state index is 13.4. The molecule has 0 aliphatic rings. The topological polar surface area (TPSA) is 58.2 Å². The average Bonchev–Trinajstić information content (AvgIpc) is 2.49. The number of para-hydroxylation sites is 1. The summed E-state index contributed by atoms with van der Waals surface area (Å²) < 4.78 is 14.1. The molecule has 0 heterocycles. The van der Waals surface area contributed by atoms with Crippen molar-refractivity contribution in [3.63, 3.8) is 0 Å². The van der Waals surface area contributed by atoms with E-state index >= 15 is 0 Å². The predicted molar refractivity (Wildman–Crippen MR) is 85.6 cm³/mol. The van der Waals surface area contributed by atoms with Crippen LogP contribution in [0.15, 0.2) is 53.0 Å². The Kier molecular flexibility index (Phi) is 5.66. The lowest BCUT2D eigenvalue weighted by Crippen LogP contribution is -2.28. The minimum Gasteiger partial charge on any atom is -0.351 e. The molecule has 22 heavy (non-hydrogen) atoms. The molecule has 2 N–H and O–H groups in total. The summed E-state index contributed by atoms with van der Waals surface area (Å²) in [5.74, 6) is -1.29. The van der Waals surface area contributed by atoms with Crippen molar-refractivity contribution in [3.05, 3.63) is 64.4 Å². The van der Waals surface area contributed by atoms with E-state index in [1.165, 1.54) is 6.07 Å². The fourth-order valence-electron chi connectivity index (χ4n) is 1.80. The molecule has 0 saturated carbocycles. The zero-order chi connectivity index (χ0) is 15.9. The molecule has 2 amide bonds. The van der Waals surface area contributed by atoms with Gasteiger partial charge in [-0.25, -0.2) is 4.39 Å². The smallest absolute Gasteiger partial charge is 0.233 e. The SMILES string of the molecule is O=C(CC(=O)Nc1ccccc1Br)NCc1ccccc1F. The number of hydrogen-bond donors (Lipinski definition) is 2. The number of benzene rings is 2. The van der Waals surface area contributed by atoms with Gasteiger partial charge in [-0.2, -0.15) is 0 Å². The van der Waals surface area contributed by atoms with Gasteiger partial charge in [0.05, 0.1) is 5.69 Å². The quantitative estimate of drug-likeness (QED) is 0.800. The molecular formula is C16H14BrFN2O2. The van der Waals surface area contributed by atoms with Gasteiger partial charge in [0.1, 0.15) is 12.2 Å². The Bertz CT molecular complexity index is 691. The Labute approximate surface area is 135 Å². The molecule has 6 heteroatoms. The number of anilines is 1. The highest BCUT2D eigenvalue weighted by Crippen LogP contribution is 2.21. The van der Waals surface area contributed by atoms with E-state index in [-0.39, 0.29) is 18.8 Å². The first kappa shape index (κ1) is 16.2. The molecule has 0 bridgehead atoms. The van der Waals surface area contributed by atoms with Crippen molar-refractivity contribution >= 4 is 33.4 Å². The molecule has 0 unspecified atom stereocenters. The molecule has 2 aromatic rings. The number of amides is 2. The van der Waals surface area contributed by atoms with Crippen LogP contribution in [0.25, 0.3) is 0 Å². The third kappa shape index (κ3) is 4.66. The average molecular weight is 365 g/mol. The first-order valence-corrected chi connectivity index (χ1v) is 7.40. The summed E-state index contributed by atoms with van der Waals surface area (Å²) in [5.41, 5.74) is 0.969. The molecule has 114 valence electrons. The first-order valence-electron chi connectivity index (χ1n) is 6.61. The summed E-state index contributed by atoms with van der Waals surface area (Å²) in [6.45, 7) is 0.0494. The second-order valence-electron chi connectivity index (χ2n) is 4.57. The van der Waals surface area contributed by atoms with Crippen LogP contribution in [0.4, 0.5) is 10.1 Å². The highest BCUT2D eigenvalue weighted by atomic mass is 79.9. The lowest BCUT2D eigenvalue weighted by molar-refractivity contribution is -0.126. The molecule has 2 aromatic carbocycles. The van der Waals surface area contributed by atoms with E-state index in [1.807, 2.05) is 6.07 Å². The number of nitrogens with one attached hydrogen (secondary N) is 2. The second-order valence-corrected chi connectivity index (χ2v) is 5.43. The van der Waals surface area contributed by atoms with Crippen LogP contribution >= 0.6 is 15.9 Å². The summed E-state index contributed by atoms with van der Waals surface area (Å²) in [7, 11) is 0. The largest absolute Gasteiger partial charge is 0.351 e. The lowest BCUT2D eigenvalue weighted by atomic mass is 10.2. The van der Waals surface area contributed by atoms with E-state index in [0.717, 1.165) is 4.47 Å². The lowest BCUT2D eigenvalue weighted by Gasteiger charge is -2.08. The molecule has 0 aliphatic heterocycles. The van der Waals surface area contributed by atoms with Crippen molar-refractivity contribution in [1.82, 2.24) is 5.32 Å². The zero-order valence-electron chi connectivity index (χ0n) is 11.6. The van der Waals surface area contributed by atoms with Crippen LogP contribution in [-0.4, -0.2) is 11.8 Å². The van der Waals surface area contributed by atoms with Crippen LogP contribution in [0.3, 0.4) is 0 Å². The van der Waals surface area contributed by atoms with Gasteiger partial charge in [-0.15, -0.1) is 0 Å². The van der Waals surface area contributed by atoms with E-state index in [9.17, 15) is 14.0 Å². The molecule has 0 radical (unpaired) electrons. The summed E-state index contributed by atoms with van der Waals surface area (Å²) >= 11 is 3.30. The van der Waals surface area contributed by atoms with Gasteiger partial charge < -0.3 is 10.6 Å². The molecule has 0 fully saturated rings. The predicted octanol–water partition coefficient (Wildman–Crippen LogP) is 3.23. The van der Waals surface area contributed by atoms with Crippen LogP contribution in [0.5, 0.6) is 0 Å². The van der Waals surface area contributed by atoms with Gasteiger partial charge in [0, 0.05) is 16.6 Å². The van der Waals surface area contributed by atoms with E-state index in [2.05, 4.69) is 26.6 Å². The first-order chi connectivity index (χ1) is 10.6. The van der Waals surface area contributed by atoms with Crippen molar-refractivity contribution in [2.24, 2.45) is 0 Å². The highest BCUT2D eigenvalue weighted by molar-refractivity contribution is 9.10. The Morgan fingerprint density at radius 2 is 1.68 bits per heavy atom. The Morgan fingerprint density at radius 3 is 2.41 bits per heavy atom. The Hall–Kier alpha value is -2.21. The molecule has 0 saturated heterocycles. The number of hydrogen-bond acceptors (Lipinski definition) is 2. The van der Waals surface area contributed by atoms with Crippen molar-refractivity contribution in [2.75, 3.05) is 5.32 Å². The number of rotatable bonds is 5. The zero-order valence-corrected chi connectivity index (χ0v) is 13.2. The van der Waals surface area contributed by atoms with Crippen molar-refractivity contribution < 1.29 is 14.0 Å². The molecule has 4 nitrogen and oxygen atoms in total. The monoisotopic (exact) mass is 364 g/mol. The third-order valence-corrected chi connectivity index (χ3v) is 3.59. The summed E-state index contributed by atoms with van der Waals surface area (Å²) in [5, 5.41) is 5.15. The molecule has 0 aliphatic carbocycles. The van der Waals surface area contributed by atoms with E-state index in [0.29, 0.717) is 11.3 Å². The maximum Gasteiger partial charge on any atom is 0.233 e. The van der Waals surface area contributed by atoms with Crippen LogP contribution in [0, 0.1) is 5.82 Å². The molecule has 0 aromatic heterocycles. The maximum atomic E-state index is 13.4. The fraction of sp³-hybridized carbons (Fsp3) is 0.125. The fourth-order valence-corrected chi connectivity index (χ4v) is 2.18. The number of carbonyl (C=O) groups is 2. The molecule has 0 atom stereocenters. The Balaban J connectivity index is 1.83. The summed E-state index contributed by atoms with van der Waals surface area (Å²) in [6, 6.07) is 13.3. The summed E-state index contributed by atoms with van der Waals surface area (Å²) in [4.78, 5) is 23.5. The third-order valence-electron chi connectivity index (χ3n) is 2.90. The van der Waals surface area contributed by atoms with Crippen LogP contribution in [-0.2, 0) is 16.1 Å². The highest BCUT2D eigenvalue weighted by Gasteiger charge is 2.11. The van der Waals surface area contributed by atoms with Gasteiger partial charge in [0.2, 0.25) is 11.8 Å². The van der Waals surface area contributed by atoms with Crippen molar-refractivity contribution in [3.8, 4) is 0 Å². The van der Waals surface area contributed by atoms with E-state index in [4.69, 9.17) is 0 Å². The standard InChI is InChI=1S/C16H14BrFN2O2/c17-12-6-2-4-8-14(12)20-16(22)9-15(21)19-10-11-5-1-3-7-13(11)18/h1-8H,9-10H2,(H,19,21)(H,20,22). The van der Waals surface area contributed by atoms with Crippen LogP contribution in [0.1, 0.15) is 12.0 Å². The number of carbonyl (C=O) groups excluding carboxylic acids is 2.